The molecule has 23 heavy (non-hydrogen) atoms. The molecule has 5 nitrogen and oxygen atoms in total. The number of carbonyl (C=O) groups is 1. The van der Waals surface area contributed by atoms with Crippen LogP contribution in [0, 0.1) is 5.92 Å². The molecule has 2 N–H and O–H groups in total. The molecule has 1 saturated carbocycles. The van der Waals surface area contributed by atoms with E-state index in [1.807, 2.05) is 6.92 Å². The fraction of sp³-hybridized carbons (Fsp3) is 0.444. The van der Waals surface area contributed by atoms with Gasteiger partial charge >= 0.3 is 0 Å². The van der Waals surface area contributed by atoms with Crippen molar-refractivity contribution in [2.24, 2.45) is 5.92 Å². The zero-order valence-electron chi connectivity index (χ0n) is 13.2. The molecule has 0 saturated heterocycles. The normalized spacial score (nSPS) is 17.1. The summed E-state index contributed by atoms with van der Waals surface area (Å²) < 4.78 is 5.52. The molecule has 5 heteroatoms. The Labute approximate surface area is 134 Å². The van der Waals surface area contributed by atoms with Gasteiger partial charge in [-0.05, 0) is 43.9 Å². The summed E-state index contributed by atoms with van der Waals surface area (Å²) in [5.74, 6) is 0.121. The summed E-state index contributed by atoms with van der Waals surface area (Å²) in [7, 11) is 0. The minimum Gasteiger partial charge on any atom is -0.508 e. The van der Waals surface area contributed by atoms with Crippen LogP contribution >= 0.6 is 0 Å². The van der Waals surface area contributed by atoms with E-state index in [4.69, 9.17) is 4.42 Å². The summed E-state index contributed by atoms with van der Waals surface area (Å²) >= 11 is 0. The van der Waals surface area contributed by atoms with Gasteiger partial charge in [0.05, 0.1) is 5.39 Å². The highest BCUT2D eigenvalue weighted by molar-refractivity contribution is 5.93. The van der Waals surface area contributed by atoms with E-state index in [0.29, 0.717) is 11.5 Å². The molecule has 1 aromatic heterocycles. The first kappa shape index (κ1) is 15.6. The topological polar surface area (TPSA) is 79.5 Å². The molecule has 122 valence electrons. The Kier molecular flexibility index (Phi) is 4.37. The largest absolute Gasteiger partial charge is 0.508 e. The van der Waals surface area contributed by atoms with E-state index in [0.717, 1.165) is 12.8 Å². The summed E-state index contributed by atoms with van der Waals surface area (Å²) in [5.41, 5.74) is -0.0385. The molecular formula is C18H21NO4. The van der Waals surface area contributed by atoms with Crippen LogP contribution in [0.1, 0.15) is 49.6 Å². The predicted octanol–water partition coefficient (Wildman–Crippen LogP) is 3.20. The molecule has 1 atom stereocenters. The fourth-order valence-electron chi connectivity index (χ4n) is 3.29. The Balaban J connectivity index is 1.80. The van der Waals surface area contributed by atoms with E-state index < -0.39 is 0 Å². The number of phenolic OH excluding ortho intramolecular Hbond substituents is 1. The molecule has 2 aromatic rings. The van der Waals surface area contributed by atoms with Crippen molar-refractivity contribution in [3.8, 4) is 5.75 Å². The van der Waals surface area contributed by atoms with Crippen LogP contribution in [-0.2, 0) is 0 Å². The summed E-state index contributed by atoms with van der Waals surface area (Å²) in [6.45, 7) is 2.01. The molecule has 1 aliphatic carbocycles. The van der Waals surface area contributed by atoms with Gasteiger partial charge in [-0.2, -0.15) is 0 Å². The number of aromatic hydroxyl groups is 1. The smallest absolute Gasteiger partial charge is 0.287 e. The van der Waals surface area contributed by atoms with Gasteiger partial charge in [0.2, 0.25) is 0 Å². The van der Waals surface area contributed by atoms with Crippen LogP contribution in [0.3, 0.4) is 0 Å². The van der Waals surface area contributed by atoms with Crippen molar-refractivity contribution >= 4 is 16.9 Å². The van der Waals surface area contributed by atoms with Gasteiger partial charge in [0, 0.05) is 12.1 Å². The lowest BCUT2D eigenvalue weighted by molar-refractivity contribution is 0.0891. The van der Waals surface area contributed by atoms with E-state index >= 15 is 0 Å². The zero-order valence-corrected chi connectivity index (χ0v) is 13.2. The fourth-order valence-corrected chi connectivity index (χ4v) is 3.29. The number of rotatable bonds is 3. The van der Waals surface area contributed by atoms with Crippen LogP contribution in [0.15, 0.2) is 33.5 Å². The van der Waals surface area contributed by atoms with Crippen molar-refractivity contribution in [2.45, 2.75) is 45.1 Å². The van der Waals surface area contributed by atoms with Gasteiger partial charge in [0.15, 0.2) is 11.2 Å². The quantitative estimate of drug-likeness (QED) is 0.911. The number of hydrogen-bond donors (Lipinski definition) is 2. The zero-order chi connectivity index (χ0) is 16.4. The van der Waals surface area contributed by atoms with Crippen molar-refractivity contribution in [1.82, 2.24) is 5.32 Å². The number of fused-ring (bicyclic) bond motifs is 1. The first-order valence-electron chi connectivity index (χ1n) is 8.12. The Morgan fingerprint density at radius 1 is 1.26 bits per heavy atom. The third-order valence-electron chi connectivity index (χ3n) is 4.65. The summed E-state index contributed by atoms with van der Waals surface area (Å²) in [6.07, 6.45) is 5.94. The van der Waals surface area contributed by atoms with Crippen LogP contribution in [0.5, 0.6) is 5.75 Å². The number of phenols is 1. The van der Waals surface area contributed by atoms with Gasteiger partial charge in [-0.15, -0.1) is 0 Å². The third kappa shape index (κ3) is 3.38. The SMILES string of the molecule is C[C@H](NC(=O)c1cc(=O)c2cc(O)ccc2o1)C1CCCCC1. The number of hydrogen-bond acceptors (Lipinski definition) is 4. The second-order valence-electron chi connectivity index (χ2n) is 6.32. The van der Waals surface area contributed by atoms with Crippen molar-refractivity contribution in [3.05, 3.63) is 40.2 Å². The first-order valence-corrected chi connectivity index (χ1v) is 8.12. The molecule has 3 rings (SSSR count). The maximum absolute atomic E-state index is 12.4. The average molecular weight is 315 g/mol. The van der Waals surface area contributed by atoms with E-state index in [2.05, 4.69) is 5.32 Å². The average Bonchev–Trinajstić information content (AvgIpc) is 2.56. The molecule has 1 heterocycles. The van der Waals surface area contributed by atoms with Crippen molar-refractivity contribution in [3.63, 3.8) is 0 Å². The van der Waals surface area contributed by atoms with E-state index in [1.165, 1.54) is 43.5 Å². The number of nitrogens with one attached hydrogen (secondary N) is 1. The van der Waals surface area contributed by atoms with Gasteiger partial charge in [-0.1, -0.05) is 19.3 Å². The van der Waals surface area contributed by atoms with Crippen LogP contribution in [0.25, 0.3) is 11.0 Å². The minimum absolute atomic E-state index is 0.00655. The van der Waals surface area contributed by atoms with E-state index in [1.54, 1.807) is 0 Å². The maximum atomic E-state index is 12.4. The minimum atomic E-state index is -0.366. The monoisotopic (exact) mass is 315 g/mol. The van der Waals surface area contributed by atoms with Crippen LogP contribution in [-0.4, -0.2) is 17.1 Å². The van der Waals surface area contributed by atoms with Crippen molar-refractivity contribution < 1.29 is 14.3 Å². The molecule has 1 amide bonds. The van der Waals surface area contributed by atoms with Gasteiger partial charge in [0.25, 0.3) is 5.91 Å². The molecule has 0 bridgehead atoms. The lowest BCUT2D eigenvalue weighted by Crippen LogP contribution is -2.39. The Morgan fingerprint density at radius 3 is 2.74 bits per heavy atom. The standard InChI is InChI=1S/C18H21NO4/c1-11(12-5-3-2-4-6-12)19-18(22)17-10-15(21)14-9-13(20)7-8-16(14)23-17/h7-12,20H,2-6H2,1H3,(H,19,22)/t11-/m0/s1. The molecule has 0 unspecified atom stereocenters. The molecule has 0 aliphatic heterocycles. The number of carbonyl (C=O) groups excluding carboxylic acids is 1. The number of amides is 1. The van der Waals surface area contributed by atoms with E-state index in [-0.39, 0.29) is 34.3 Å². The molecule has 0 radical (unpaired) electrons. The second kappa shape index (κ2) is 6.44. The van der Waals surface area contributed by atoms with Gasteiger partial charge in [0.1, 0.15) is 11.3 Å². The lowest BCUT2D eigenvalue weighted by Gasteiger charge is -2.28. The summed E-state index contributed by atoms with van der Waals surface area (Å²) in [6, 6.07) is 5.51. The molecular weight excluding hydrogens is 294 g/mol. The second-order valence-corrected chi connectivity index (χ2v) is 6.32. The summed E-state index contributed by atoms with van der Waals surface area (Å²) in [5, 5.41) is 12.7. The highest BCUT2D eigenvalue weighted by Gasteiger charge is 2.23. The van der Waals surface area contributed by atoms with Gasteiger partial charge in [-0.3, -0.25) is 9.59 Å². The Bertz CT molecular complexity index is 774. The highest BCUT2D eigenvalue weighted by atomic mass is 16.3. The third-order valence-corrected chi connectivity index (χ3v) is 4.65. The Hall–Kier alpha value is -2.30. The highest BCUT2D eigenvalue weighted by Crippen LogP contribution is 2.26. The lowest BCUT2D eigenvalue weighted by atomic mass is 9.84. The first-order chi connectivity index (χ1) is 11.0. The van der Waals surface area contributed by atoms with Crippen LogP contribution in [0.4, 0.5) is 0 Å². The van der Waals surface area contributed by atoms with Crippen LogP contribution in [0.2, 0.25) is 0 Å². The van der Waals surface area contributed by atoms with Crippen molar-refractivity contribution in [1.29, 1.82) is 0 Å². The maximum Gasteiger partial charge on any atom is 0.287 e. The molecule has 1 fully saturated rings. The summed E-state index contributed by atoms with van der Waals surface area (Å²) in [4.78, 5) is 24.5. The van der Waals surface area contributed by atoms with Crippen molar-refractivity contribution in [2.75, 3.05) is 0 Å². The Morgan fingerprint density at radius 2 is 2.00 bits per heavy atom. The molecule has 1 aliphatic rings. The van der Waals surface area contributed by atoms with Gasteiger partial charge in [-0.25, -0.2) is 0 Å². The van der Waals surface area contributed by atoms with Gasteiger partial charge < -0.3 is 14.8 Å². The van der Waals surface area contributed by atoms with Crippen LogP contribution < -0.4 is 10.7 Å². The van der Waals surface area contributed by atoms with E-state index in [9.17, 15) is 14.7 Å². The predicted molar refractivity (Wildman–Crippen MR) is 87.7 cm³/mol. The molecule has 0 spiro atoms. The molecule has 1 aromatic carbocycles. The number of benzene rings is 1.